The Morgan fingerprint density at radius 3 is 2.40 bits per heavy atom. The molecule has 1 nitrogen and oxygen atoms in total. The van der Waals surface area contributed by atoms with Gasteiger partial charge in [0.05, 0.1) is 0 Å². The highest BCUT2D eigenvalue weighted by Crippen LogP contribution is 2.29. The first-order valence-electron chi connectivity index (χ1n) is 5.81. The van der Waals surface area contributed by atoms with Crippen LogP contribution >= 0.6 is 0 Å². The lowest BCUT2D eigenvalue weighted by Gasteiger charge is -1.94. The number of rotatable bonds is 6. The molecule has 0 aliphatic heterocycles. The zero-order valence-electron chi connectivity index (χ0n) is 9.22. The molecule has 0 bridgehead atoms. The summed E-state index contributed by atoms with van der Waals surface area (Å²) >= 11 is 0. The summed E-state index contributed by atoms with van der Waals surface area (Å²) in [6.07, 6.45) is 13.6. The van der Waals surface area contributed by atoms with Crippen molar-refractivity contribution in [2.24, 2.45) is 5.92 Å². The molecule has 80 valence electrons. The van der Waals surface area contributed by atoms with Crippen LogP contribution in [0, 0.1) is 30.1 Å². The minimum Gasteiger partial charge on any atom is -0.285 e. The number of Topliss-reactive ketones (excluding diaryl/α,β-unsaturated/α-hetero) is 1. The number of hydrogen-bond donors (Lipinski definition) is 0. The van der Waals surface area contributed by atoms with Crippen LogP contribution in [0.5, 0.6) is 0 Å². The van der Waals surface area contributed by atoms with Crippen molar-refractivity contribution in [1.82, 2.24) is 0 Å². The van der Waals surface area contributed by atoms with Gasteiger partial charge in [0.25, 0.3) is 0 Å². The quantitative estimate of drug-likeness (QED) is 0.367. The summed E-state index contributed by atoms with van der Waals surface area (Å²) < 4.78 is 0. The second-order valence-corrected chi connectivity index (χ2v) is 4.06. The van der Waals surface area contributed by atoms with Crippen molar-refractivity contribution < 1.29 is 4.79 Å². The van der Waals surface area contributed by atoms with Gasteiger partial charge in [0.1, 0.15) is 0 Å². The largest absolute Gasteiger partial charge is 0.285 e. The van der Waals surface area contributed by atoms with Crippen LogP contribution in [0.2, 0.25) is 0 Å². The maximum absolute atomic E-state index is 11.2. The van der Waals surface area contributed by atoms with Gasteiger partial charge in [0.2, 0.25) is 5.78 Å². The SMILES string of the molecule is C#CCCCCCCC#CC(=O)C1CC1. The Morgan fingerprint density at radius 2 is 1.80 bits per heavy atom. The third-order valence-corrected chi connectivity index (χ3v) is 2.53. The van der Waals surface area contributed by atoms with Crippen molar-refractivity contribution >= 4 is 5.78 Å². The van der Waals surface area contributed by atoms with Crippen molar-refractivity contribution in [3.8, 4) is 24.2 Å². The zero-order chi connectivity index (χ0) is 10.9. The molecule has 0 saturated heterocycles. The third kappa shape index (κ3) is 5.97. The lowest BCUT2D eigenvalue weighted by molar-refractivity contribution is -0.114. The minimum absolute atomic E-state index is 0.155. The first-order valence-corrected chi connectivity index (χ1v) is 5.81. The van der Waals surface area contributed by atoms with Crippen LogP contribution in [-0.2, 0) is 4.79 Å². The summed E-state index contributed by atoms with van der Waals surface area (Å²) in [7, 11) is 0. The van der Waals surface area contributed by atoms with Gasteiger partial charge in [-0.3, -0.25) is 4.79 Å². The lowest BCUT2D eigenvalue weighted by Crippen LogP contribution is -1.94. The van der Waals surface area contributed by atoms with E-state index in [1.807, 2.05) is 0 Å². The van der Waals surface area contributed by atoms with Gasteiger partial charge < -0.3 is 0 Å². The lowest BCUT2D eigenvalue weighted by atomic mass is 10.1. The first kappa shape index (κ1) is 11.9. The average molecular weight is 202 g/mol. The molecule has 15 heavy (non-hydrogen) atoms. The van der Waals surface area contributed by atoms with Crippen LogP contribution in [-0.4, -0.2) is 5.78 Å². The van der Waals surface area contributed by atoms with Crippen molar-refractivity contribution in [1.29, 1.82) is 0 Å². The van der Waals surface area contributed by atoms with E-state index in [-0.39, 0.29) is 11.7 Å². The van der Waals surface area contributed by atoms with Crippen molar-refractivity contribution in [3.05, 3.63) is 0 Å². The molecule has 0 spiro atoms. The van der Waals surface area contributed by atoms with Crippen LogP contribution < -0.4 is 0 Å². The van der Waals surface area contributed by atoms with Gasteiger partial charge in [0, 0.05) is 18.8 Å². The van der Waals surface area contributed by atoms with E-state index in [0.717, 1.165) is 38.5 Å². The summed E-state index contributed by atoms with van der Waals surface area (Å²) in [6.45, 7) is 0. The molecule has 0 aromatic rings. The van der Waals surface area contributed by atoms with E-state index in [2.05, 4.69) is 17.8 Å². The number of carbonyl (C=O) groups excluding carboxylic acids is 1. The number of ketones is 1. The molecule has 1 saturated carbocycles. The zero-order valence-corrected chi connectivity index (χ0v) is 9.22. The van der Waals surface area contributed by atoms with Gasteiger partial charge in [-0.1, -0.05) is 18.8 Å². The van der Waals surface area contributed by atoms with E-state index in [1.54, 1.807) is 0 Å². The topological polar surface area (TPSA) is 17.1 Å². The fraction of sp³-hybridized carbons (Fsp3) is 0.643. The van der Waals surface area contributed by atoms with Crippen LogP contribution in [0.1, 0.15) is 51.4 Å². The second kappa shape index (κ2) is 7.13. The Kier molecular flexibility index (Phi) is 5.64. The molecule has 0 aromatic carbocycles. The van der Waals surface area contributed by atoms with Crippen LogP contribution in [0.4, 0.5) is 0 Å². The fourth-order valence-corrected chi connectivity index (χ4v) is 1.39. The van der Waals surface area contributed by atoms with Crippen molar-refractivity contribution in [3.63, 3.8) is 0 Å². The molecule has 1 aliphatic rings. The standard InChI is InChI=1S/C14H18O/c1-2-3-4-5-6-7-8-9-10-14(15)13-11-12-13/h1,13H,3-8,11-12H2. The van der Waals surface area contributed by atoms with E-state index < -0.39 is 0 Å². The van der Waals surface area contributed by atoms with E-state index in [9.17, 15) is 4.79 Å². The molecule has 0 aromatic heterocycles. The fourth-order valence-electron chi connectivity index (χ4n) is 1.39. The summed E-state index contributed by atoms with van der Waals surface area (Å²) in [6, 6.07) is 0. The molecule has 0 atom stereocenters. The minimum atomic E-state index is 0.155. The Hall–Kier alpha value is -1.21. The molecule has 1 fully saturated rings. The molecule has 0 unspecified atom stereocenters. The molecule has 0 heterocycles. The highest BCUT2D eigenvalue weighted by Gasteiger charge is 2.27. The van der Waals surface area contributed by atoms with Crippen molar-refractivity contribution in [2.45, 2.75) is 51.4 Å². The molecule has 1 rings (SSSR count). The number of unbranched alkanes of at least 4 members (excludes halogenated alkanes) is 5. The Balaban J connectivity index is 1.91. The van der Waals surface area contributed by atoms with Crippen LogP contribution in [0.3, 0.4) is 0 Å². The molecular weight excluding hydrogens is 184 g/mol. The number of hydrogen-bond acceptors (Lipinski definition) is 1. The van der Waals surface area contributed by atoms with E-state index in [0.29, 0.717) is 0 Å². The summed E-state index contributed by atoms with van der Waals surface area (Å²) in [5, 5.41) is 0. The number of terminal acetylenes is 1. The molecule has 0 N–H and O–H groups in total. The van der Waals surface area contributed by atoms with E-state index in [4.69, 9.17) is 6.42 Å². The summed E-state index contributed by atoms with van der Waals surface area (Å²) in [4.78, 5) is 11.2. The Labute approximate surface area is 92.6 Å². The maximum Gasteiger partial charge on any atom is 0.208 e. The predicted octanol–water partition coefficient (Wildman–Crippen LogP) is 2.94. The Morgan fingerprint density at radius 1 is 1.13 bits per heavy atom. The summed E-state index contributed by atoms with van der Waals surface area (Å²) in [5.74, 6) is 8.75. The smallest absolute Gasteiger partial charge is 0.208 e. The molecular formula is C14H18O. The van der Waals surface area contributed by atoms with Gasteiger partial charge in [-0.25, -0.2) is 0 Å². The number of carbonyl (C=O) groups is 1. The van der Waals surface area contributed by atoms with Crippen molar-refractivity contribution in [2.75, 3.05) is 0 Å². The monoisotopic (exact) mass is 202 g/mol. The first-order chi connectivity index (χ1) is 7.34. The van der Waals surface area contributed by atoms with E-state index >= 15 is 0 Å². The normalized spacial score (nSPS) is 13.8. The Bertz CT molecular complexity index is 294. The molecule has 1 heteroatoms. The molecule has 0 amide bonds. The highest BCUT2D eigenvalue weighted by molar-refractivity contribution is 5.98. The van der Waals surface area contributed by atoms with Gasteiger partial charge >= 0.3 is 0 Å². The highest BCUT2D eigenvalue weighted by atomic mass is 16.1. The van der Waals surface area contributed by atoms with Gasteiger partial charge in [-0.15, -0.1) is 12.3 Å². The van der Waals surface area contributed by atoms with Crippen LogP contribution in [0.15, 0.2) is 0 Å². The summed E-state index contributed by atoms with van der Waals surface area (Å²) in [5.41, 5.74) is 0. The molecule has 1 aliphatic carbocycles. The second-order valence-electron chi connectivity index (χ2n) is 4.06. The molecule has 0 radical (unpaired) electrons. The predicted molar refractivity (Wildman–Crippen MR) is 62.0 cm³/mol. The maximum atomic E-state index is 11.2. The average Bonchev–Trinajstić information content (AvgIpc) is 3.05. The van der Waals surface area contributed by atoms with E-state index in [1.165, 1.54) is 12.8 Å². The van der Waals surface area contributed by atoms with Gasteiger partial charge in [-0.2, -0.15) is 0 Å². The van der Waals surface area contributed by atoms with Gasteiger partial charge in [-0.05, 0) is 31.6 Å². The third-order valence-electron chi connectivity index (χ3n) is 2.53. The van der Waals surface area contributed by atoms with Gasteiger partial charge in [0.15, 0.2) is 0 Å². The van der Waals surface area contributed by atoms with Crippen LogP contribution in [0.25, 0.3) is 0 Å².